The highest BCUT2D eigenvalue weighted by Gasteiger charge is 2.53. The molecule has 17 unspecified atom stereocenters. The van der Waals surface area contributed by atoms with Gasteiger partial charge in [0.1, 0.15) is 73.2 Å². The van der Waals surface area contributed by atoms with Crippen LogP contribution < -0.4 is 5.32 Å². The molecule has 19 heteroatoms. The van der Waals surface area contributed by atoms with Crippen molar-refractivity contribution in [3.8, 4) is 0 Å². The molecule has 0 aromatic rings. The maximum Gasteiger partial charge on any atom is 0.220 e. The van der Waals surface area contributed by atoms with Crippen molar-refractivity contribution in [1.82, 2.24) is 5.32 Å². The molecule has 0 aromatic carbocycles. The van der Waals surface area contributed by atoms with Gasteiger partial charge < -0.3 is 89.9 Å². The Hall–Kier alpha value is -2.25. The van der Waals surface area contributed by atoms with Crippen LogP contribution in [0.3, 0.4) is 0 Å². The van der Waals surface area contributed by atoms with Crippen LogP contribution in [-0.2, 0) is 33.2 Å². The van der Waals surface area contributed by atoms with Gasteiger partial charge in [0.25, 0.3) is 0 Å². The van der Waals surface area contributed by atoms with Gasteiger partial charge in [-0.05, 0) is 57.8 Å². The van der Waals surface area contributed by atoms with Crippen molar-refractivity contribution in [2.24, 2.45) is 0 Å². The SMILES string of the molecule is CCCCC/C=C\C/C=C\C/C=C\CCCCCCCCC(=O)NC(COC1OC(CO)C(OC2OC(CO)C(OC3OC(CO)C(O)C(O)C3O)C(O)C2O)C(O)C1O)C(O)/C=C/CCCCCC. The molecule has 12 N–H and O–H groups in total. The minimum absolute atomic E-state index is 0.225. The molecule has 3 aliphatic heterocycles. The first kappa shape index (κ1) is 62.0. The highest BCUT2D eigenvalue weighted by atomic mass is 16.8. The number of unbranched alkanes of at least 4 members (excludes halogenated alkanes) is 13. The highest BCUT2D eigenvalue weighted by molar-refractivity contribution is 5.76. The van der Waals surface area contributed by atoms with E-state index in [2.05, 4.69) is 55.6 Å². The van der Waals surface area contributed by atoms with Crippen molar-refractivity contribution in [3.63, 3.8) is 0 Å². The third kappa shape index (κ3) is 21.3. The first-order chi connectivity index (χ1) is 33.8. The minimum atomic E-state index is -1.98. The van der Waals surface area contributed by atoms with Gasteiger partial charge in [0, 0.05) is 6.42 Å². The van der Waals surface area contributed by atoms with Gasteiger partial charge in [-0.2, -0.15) is 0 Å². The van der Waals surface area contributed by atoms with Gasteiger partial charge in [-0.3, -0.25) is 4.79 Å². The summed E-state index contributed by atoms with van der Waals surface area (Å²) in [6, 6.07) is -0.976. The Bertz CT molecular complexity index is 1480. The molecule has 3 aliphatic rings. The lowest BCUT2D eigenvalue weighted by molar-refractivity contribution is -0.379. The number of hydrogen-bond donors (Lipinski definition) is 12. The molecule has 0 aromatic heterocycles. The summed E-state index contributed by atoms with van der Waals surface area (Å²) in [5.41, 5.74) is 0. The lowest BCUT2D eigenvalue weighted by Gasteiger charge is -2.48. The van der Waals surface area contributed by atoms with Gasteiger partial charge in [0.2, 0.25) is 5.91 Å². The van der Waals surface area contributed by atoms with E-state index in [0.29, 0.717) is 6.42 Å². The van der Waals surface area contributed by atoms with Crippen LogP contribution in [-0.4, -0.2) is 193 Å². The van der Waals surface area contributed by atoms with E-state index < -0.39 is 124 Å². The monoisotopic (exact) mass is 1000 g/mol. The number of rotatable bonds is 35. The van der Waals surface area contributed by atoms with Gasteiger partial charge in [-0.15, -0.1) is 0 Å². The van der Waals surface area contributed by atoms with Crippen molar-refractivity contribution < 1.29 is 89.4 Å². The number of hydrogen-bond acceptors (Lipinski definition) is 18. The van der Waals surface area contributed by atoms with Crippen LogP contribution in [0.25, 0.3) is 0 Å². The molecule has 0 bridgehead atoms. The summed E-state index contributed by atoms with van der Waals surface area (Å²) < 4.78 is 34.0. The summed E-state index contributed by atoms with van der Waals surface area (Å²) >= 11 is 0. The molecule has 406 valence electrons. The van der Waals surface area contributed by atoms with Crippen LogP contribution >= 0.6 is 0 Å². The molecule has 1 amide bonds. The van der Waals surface area contributed by atoms with Crippen LogP contribution in [0.15, 0.2) is 48.6 Å². The molecule has 0 radical (unpaired) electrons. The lowest BCUT2D eigenvalue weighted by atomic mass is 9.96. The van der Waals surface area contributed by atoms with E-state index in [4.69, 9.17) is 28.4 Å². The second-order valence-electron chi connectivity index (χ2n) is 18.6. The largest absolute Gasteiger partial charge is 0.394 e. The fraction of sp³-hybridized carbons (Fsp3) is 0.824. The highest BCUT2D eigenvalue weighted by Crippen LogP contribution is 2.33. The van der Waals surface area contributed by atoms with Crippen LogP contribution in [0.4, 0.5) is 0 Å². The van der Waals surface area contributed by atoms with Gasteiger partial charge >= 0.3 is 0 Å². The molecular weight excluding hydrogens is 915 g/mol. The summed E-state index contributed by atoms with van der Waals surface area (Å²) in [6.45, 7) is 1.54. The Morgan fingerprint density at radius 2 is 0.943 bits per heavy atom. The van der Waals surface area contributed by atoms with Crippen molar-refractivity contribution >= 4 is 5.91 Å². The summed E-state index contributed by atoms with van der Waals surface area (Å²) in [7, 11) is 0. The average molecular weight is 1000 g/mol. The summed E-state index contributed by atoms with van der Waals surface area (Å²) in [5.74, 6) is -0.298. The second-order valence-corrected chi connectivity index (χ2v) is 18.6. The predicted octanol–water partition coefficient (Wildman–Crippen LogP) is 1.97. The number of amides is 1. The molecule has 17 atom stereocenters. The van der Waals surface area contributed by atoms with E-state index in [0.717, 1.165) is 89.9 Å². The molecule has 19 nitrogen and oxygen atoms in total. The smallest absolute Gasteiger partial charge is 0.220 e. The van der Waals surface area contributed by atoms with E-state index in [9.17, 15) is 61.0 Å². The van der Waals surface area contributed by atoms with Gasteiger partial charge in [0.15, 0.2) is 18.9 Å². The summed E-state index contributed by atoms with van der Waals surface area (Å²) in [4.78, 5) is 13.2. The Morgan fingerprint density at radius 1 is 0.514 bits per heavy atom. The second kappa shape index (κ2) is 35.8. The zero-order valence-electron chi connectivity index (χ0n) is 41.5. The van der Waals surface area contributed by atoms with Crippen LogP contribution in [0.2, 0.25) is 0 Å². The minimum Gasteiger partial charge on any atom is -0.394 e. The third-order valence-electron chi connectivity index (χ3n) is 12.9. The molecule has 3 heterocycles. The van der Waals surface area contributed by atoms with Gasteiger partial charge in [-0.1, -0.05) is 120 Å². The van der Waals surface area contributed by atoms with Gasteiger partial charge in [-0.25, -0.2) is 0 Å². The number of aliphatic hydroxyl groups is 11. The van der Waals surface area contributed by atoms with E-state index in [1.165, 1.54) is 19.3 Å². The van der Waals surface area contributed by atoms with Crippen molar-refractivity contribution in [2.45, 2.75) is 240 Å². The Morgan fingerprint density at radius 3 is 1.50 bits per heavy atom. The maximum absolute atomic E-state index is 13.2. The van der Waals surface area contributed by atoms with E-state index in [-0.39, 0.29) is 18.9 Å². The Kier molecular flexibility index (Phi) is 31.8. The topological polar surface area (TPSA) is 307 Å². The zero-order chi connectivity index (χ0) is 51.3. The number of allylic oxidation sites excluding steroid dienone is 7. The molecule has 70 heavy (non-hydrogen) atoms. The predicted molar refractivity (Wildman–Crippen MR) is 259 cm³/mol. The molecule has 3 saturated heterocycles. The van der Waals surface area contributed by atoms with E-state index in [1.54, 1.807) is 6.08 Å². The normalized spacial score (nSPS) is 33.0. The van der Waals surface area contributed by atoms with Crippen molar-refractivity contribution in [2.75, 3.05) is 26.4 Å². The van der Waals surface area contributed by atoms with E-state index in [1.807, 2.05) is 6.08 Å². The van der Waals surface area contributed by atoms with Crippen molar-refractivity contribution in [3.05, 3.63) is 48.6 Å². The first-order valence-corrected chi connectivity index (χ1v) is 25.9. The maximum atomic E-state index is 13.2. The molecule has 0 aliphatic carbocycles. The Labute approximate surface area is 414 Å². The van der Waals surface area contributed by atoms with Crippen molar-refractivity contribution in [1.29, 1.82) is 0 Å². The number of aliphatic hydroxyl groups excluding tert-OH is 11. The summed E-state index contributed by atoms with van der Waals surface area (Å²) in [6.07, 6.45) is 8.73. The fourth-order valence-electron chi connectivity index (χ4n) is 8.49. The fourth-order valence-corrected chi connectivity index (χ4v) is 8.49. The zero-order valence-corrected chi connectivity index (χ0v) is 41.5. The van der Waals surface area contributed by atoms with Gasteiger partial charge in [0.05, 0.1) is 38.6 Å². The number of carbonyl (C=O) groups excluding carboxylic acids is 1. The lowest BCUT2D eigenvalue weighted by Crippen LogP contribution is -2.66. The first-order valence-electron chi connectivity index (χ1n) is 25.9. The number of ether oxygens (including phenoxy) is 6. The molecule has 0 spiro atoms. The molecular formula is C51H89NO18. The quantitative estimate of drug-likeness (QED) is 0.0319. The van der Waals surface area contributed by atoms with Crippen LogP contribution in [0.1, 0.15) is 136 Å². The van der Waals surface area contributed by atoms with Crippen LogP contribution in [0.5, 0.6) is 0 Å². The van der Waals surface area contributed by atoms with Crippen LogP contribution in [0, 0.1) is 0 Å². The number of nitrogens with one attached hydrogen (secondary N) is 1. The molecule has 3 fully saturated rings. The van der Waals surface area contributed by atoms with E-state index >= 15 is 0 Å². The number of carbonyl (C=O) groups is 1. The standard InChI is InChI=1S/C51H89NO18/c1-3-5-7-9-11-12-13-14-15-16-17-18-19-20-21-22-23-25-27-29-39(57)52-34(35(56)28-26-24-10-8-6-4-2)33-65-49-45(63)42(60)47(37(31-54)67-49)70-51-46(64)43(61)48(38(32-55)68-51)69-50-44(62)41(59)40(58)36(30-53)66-50/h11-12,14-15,17-18,26,28,34-38,40-51,53-56,58-64H,3-10,13,16,19-25,27,29-33H2,1-2H3,(H,52,57)/b12-11-,15-14-,18-17-,28-26+. The molecule has 0 saturated carbocycles. The molecule has 3 rings (SSSR count). The third-order valence-corrected chi connectivity index (χ3v) is 12.9. The summed E-state index contributed by atoms with van der Waals surface area (Å²) in [5, 5.41) is 119. The Balaban J connectivity index is 1.49. The average Bonchev–Trinajstić information content (AvgIpc) is 3.35.